The molecule has 0 saturated carbocycles. The predicted octanol–water partition coefficient (Wildman–Crippen LogP) is 1.53. The molecule has 7 nitrogen and oxygen atoms in total. The smallest absolute Gasteiger partial charge is 0.233 e. The molecule has 114 valence electrons. The number of pyridine rings is 1. The Labute approximate surface area is 129 Å². The third kappa shape index (κ3) is 2.78. The summed E-state index contributed by atoms with van der Waals surface area (Å²) in [5, 5.41) is 17.2. The molecular weight excluding hydrogens is 280 g/mol. The molecule has 0 aliphatic carbocycles. The van der Waals surface area contributed by atoms with Crippen LogP contribution in [0.1, 0.15) is 30.3 Å². The van der Waals surface area contributed by atoms with Gasteiger partial charge in [0.25, 0.3) is 0 Å². The van der Waals surface area contributed by atoms with Gasteiger partial charge in [-0.15, -0.1) is 10.2 Å². The van der Waals surface area contributed by atoms with Crippen LogP contribution in [0.3, 0.4) is 0 Å². The number of hydrogen-bond donors (Lipinski definition) is 0. The third-order valence-corrected chi connectivity index (χ3v) is 3.97. The number of nitrogens with zero attached hydrogens (tertiary/aromatic N) is 6. The summed E-state index contributed by atoms with van der Waals surface area (Å²) < 4.78 is 5.51. The highest BCUT2D eigenvalue weighted by molar-refractivity contribution is 5.53. The average molecular weight is 298 g/mol. The SMILES string of the molecule is Cc1nnc([C@H](C)N2CCN(c3ncccc3C#N)CC2)o1. The van der Waals surface area contributed by atoms with Crippen LogP contribution in [-0.4, -0.2) is 46.3 Å². The molecule has 1 aliphatic heterocycles. The number of nitriles is 1. The van der Waals surface area contributed by atoms with Gasteiger partial charge in [-0.3, -0.25) is 4.90 Å². The molecular formula is C15H18N6O. The summed E-state index contributed by atoms with van der Waals surface area (Å²) in [7, 11) is 0. The van der Waals surface area contributed by atoms with Crippen molar-refractivity contribution in [3.63, 3.8) is 0 Å². The molecule has 1 saturated heterocycles. The van der Waals surface area contributed by atoms with E-state index in [-0.39, 0.29) is 6.04 Å². The van der Waals surface area contributed by atoms with Crippen molar-refractivity contribution in [1.82, 2.24) is 20.1 Å². The van der Waals surface area contributed by atoms with Gasteiger partial charge >= 0.3 is 0 Å². The summed E-state index contributed by atoms with van der Waals surface area (Å²) in [6.07, 6.45) is 1.73. The molecule has 0 spiro atoms. The summed E-state index contributed by atoms with van der Waals surface area (Å²) >= 11 is 0. The number of piperazine rings is 1. The van der Waals surface area contributed by atoms with Gasteiger partial charge < -0.3 is 9.32 Å². The first-order chi connectivity index (χ1) is 10.7. The Balaban J connectivity index is 1.66. The topological polar surface area (TPSA) is 82.1 Å². The lowest BCUT2D eigenvalue weighted by molar-refractivity contribution is 0.171. The molecule has 1 aliphatic rings. The van der Waals surface area contributed by atoms with Crippen molar-refractivity contribution in [1.29, 1.82) is 5.26 Å². The van der Waals surface area contributed by atoms with Gasteiger partial charge in [-0.2, -0.15) is 5.26 Å². The fourth-order valence-corrected chi connectivity index (χ4v) is 2.69. The molecule has 22 heavy (non-hydrogen) atoms. The predicted molar refractivity (Wildman–Crippen MR) is 80.2 cm³/mol. The van der Waals surface area contributed by atoms with E-state index < -0.39 is 0 Å². The highest BCUT2D eigenvalue weighted by atomic mass is 16.4. The molecule has 0 radical (unpaired) electrons. The average Bonchev–Trinajstić information content (AvgIpc) is 3.01. The Morgan fingerprint density at radius 2 is 2.05 bits per heavy atom. The van der Waals surface area contributed by atoms with Crippen LogP contribution in [0.5, 0.6) is 0 Å². The van der Waals surface area contributed by atoms with Crippen molar-refractivity contribution in [3.05, 3.63) is 35.7 Å². The summed E-state index contributed by atoms with van der Waals surface area (Å²) in [5.74, 6) is 2.01. The molecule has 1 fully saturated rings. The van der Waals surface area contributed by atoms with E-state index in [4.69, 9.17) is 4.42 Å². The van der Waals surface area contributed by atoms with E-state index in [1.165, 1.54) is 0 Å². The molecule has 0 aromatic carbocycles. The highest BCUT2D eigenvalue weighted by Gasteiger charge is 2.26. The van der Waals surface area contributed by atoms with Crippen LogP contribution in [-0.2, 0) is 0 Å². The maximum atomic E-state index is 9.19. The normalized spacial score (nSPS) is 17.2. The second-order valence-corrected chi connectivity index (χ2v) is 5.34. The van der Waals surface area contributed by atoms with Gasteiger partial charge in [-0.25, -0.2) is 4.98 Å². The molecule has 0 amide bonds. The maximum Gasteiger partial charge on any atom is 0.233 e. The van der Waals surface area contributed by atoms with Gasteiger partial charge in [0, 0.05) is 39.3 Å². The Morgan fingerprint density at radius 1 is 1.27 bits per heavy atom. The van der Waals surface area contributed by atoms with E-state index in [0.29, 0.717) is 17.3 Å². The van der Waals surface area contributed by atoms with Crippen LogP contribution < -0.4 is 4.90 Å². The monoisotopic (exact) mass is 298 g/mol. The van der Waals surface area contributed by atoms with Crippen LogP contribution in [0, 0.1) is 18.3 Å². The molecule has 2 aromatic rings. The van der Waals surface area contributed by atoms with E-state index in [2.05, 4.69) is 38.0 Å². The van der Waals surface area contributed by atoms with Crippen LogP contribution in [0.4, 0.5) is 5.82 Å². The van der Waals surface area contributed by atoms with E-state index in [1.54, 1.807) is 25.3 Å². The first-order valence-electron chi connectivity index (χ1n) is 7.33. The van der Waals surface area contributed by atoms with E-state index in [0.717, 1.165) is 32.0 Å². The van der Waals surface area contributed by atoms with Gasteiger partial charge in [0.2, 0.25) is 11.8 Å². The minimum atomic E-state index is 0.0996. The second-order valence-electron chi connectivity index (χ2n) is 5.34. The Kier molecular flexibility index (Phi) is 4.02. The lowest BCUT2D eigenvalue weighted by Gasteiger charge is -2.37. The molecule has 0 bridgehead atoms. The van der Waals surface area contributed by atoms with E-state index in [1.807, 2.05) is 0 Å². The van der Waals surface area contributed by atoms with E-state index >= 15 is 0 Å². The molecule has 3 heterocycles. The van der Waals surface area contributed by atoms with Crippen molar-refractivity contribution in [2.24, 2.45) is 0 Å². The minimum Gasteiger partial charge on any atom is -0.424 e. The summed E-state index contributed by atoms with van der Waals surface area (Å²) in [4.78, 5) is 8.81. The van der Waals surface area contributed by atoms with Gasteiger partial charge in [-0.05, 0) is 19.1 Å². The molecule has 0 N–H and O–H groups in total. The number of aryl methyl sites for hydroxylation is 1. The van der Waals surface area contributed by atoms with Gasteiger partial charge in [0.1, 0.15) is 11.9 Å². The van der Waals surface area contributed by atoms with Crippen molar-refractivity contribution in [2.45, 2.75) is 19.9 Å². The van der Waals surface area contributed by atoms with Crippen LogP contribution in [0.15, 0.2) is 22.7 Å². The number of aromatic nitrogens is 3. The standard InChI is InChI=1S/C15H18N6O/c1-11(15-19-18-12(2)22-15)20-6-8-21(9-7-20)14-13(10-16)4-3-5-17-14/h3-5,11H,6-9H2,1-2H3/t11-/m0/s1. The largest absolute Gasteiger partial charge is 0.424 e. The molecule has 7 heteroatoms. The van der Waals surface area contributed by atoms with Gasteiger partial charge in [-0.1, -0.05) is 0 Å². The zero-order chi connectivity index (χ0) is 15.5. The first kappa shape index (κ1) is 14.5. The summed E-state index contributed by atoms with van der Waals surface area (Å²) in [6, 6.07) is 5.90. The first-order valence-corrected chi connectivity index (χ1v) is 7.33. The zero-order valence-corrected chi connectivity index (χ0v) is 12.7. The number of rotatable bonds is 3. The summed E-state index contributed by atoms with van der Waals surface area (Å²) in [5.41, 5.74) is 0.622. The third-order valence-electron chi connectivity index (χ3n) is 3.97. The maximum absolute atomic E-state index is 9.19. The van der Waals surface area contributed by atoms with Crippen LogP contribution in [0.2, 0.25) is 0 Å². The Hall–Kier alpha value is -2.46. The summed E-state index contributed by atoms with van der Waals surface area (Å²) in [6.45, 7) is 7.25. The Bertz CT molecular complexity index is 683. The van der Waals surface area contributed by atoms with Gasteiger partial charge in [0.05, 0.1) is 11.6 Å². The number of hydrogen-bond acceptors (Lipinski definition) is 7. The molecule has 2 aromatic heterocycles. The lowest BCUT2D eigenvalue weighted by Crippen LogP contribution is -2.47. The van der Waals surface area contributed by atoms with Crippen LogP contribution in [0.25, 0.3) is 0 Å². The van der Waals surface area contributed by atoms with Crippen molar-refractivity contribution in [3.8, 4) is 6.07 Å². The van der Waals surface area contributed by atoms with Crippen molar-refractivity contribution in [2.75, 3.05) is 31.1 Å². The molecule has 1 atom stereocenters. The van der Waals surface area contributed by atoms with Crippen molar-refractivity contribution < 1.29 is 4.42 Å². The minimum absolute atomic E-state index is 0.0996. The number of anilines is 1. The fourth-order valence-electron chi connectivity index (χ4n) is 2.69. The fraction of sp³-hybridized carbons (Fsp3) is 0.467. The molecule has 0 unspecified atom stereocenters. The van der Waals surface area contributed by atoms with Crippen LogP contribution >= 0.6 is 0 Å². The quantitative estimate of drug-likeness (QED) is 0.849. The van der Waals surface area contributed by atoms with Gasteiger partial charge in [0.15, 0.2) is 0 Å². The molecule has 3 rings (SSSR count). The van der Waals surface area contributed by atoms with Crippen molar-refractivity contribution >= 4 is 5.82 Å². The lowest BCUT2D eigenvalue weighted by atomic mass is 10.2. The second kappa shape index (κ2) is 6.12. The van der Waals surface area contributed by atoms with E-state index in [9.17, 15) is 5.26 Å². The zero-order valence-electron chi connectivity index (χ0n) is 12.7. The Morgan fingerprint density at radius 3 is 2.68 bits per heavy atom. The highest BCUT2D eigenvalue weighted by Crippen LogP contribution is 2.23.